The molecular formula is C17H12NO6-. The van der Waals surface area contributed by atoms with Crippen LogP contribution in [-0.4, -0.2) is 32.0 Å². The van der Waals surface area contributed by atoms with Gasteiger partial charge < -0.3 is 19.4 Å². The molecule has 24 heavy (non-hydrogen) atoms. The first-order valence-electron chi connectivity index (χ1n) is 6.94. The number of ether oxygens (including phenoxy) is 2. The molecule has 122 valence electrons. The molecule has 0 aromatic heterocycles. The topological polar surface area (TPSA) is 96.0 Å². The highest BCUT2D eigenvalue weighted by Gasteiger charge is 2.37. The van der Waals surface area contributed by atoms with Gasteiger partial charge in [-0.1, -0.05) is 6.07 Å². The van der Waals surface area contributed by atoms with Crippen molar-refractivity contribution in [2.45, 2.75) is 0 Å². The van der Waals surface area contributed by atoms with E-state index in [4.69, 9.17) is 9.47 Å². The van der Waals surface area contributed by atoms with Gasteiger partial charge in [0.25, 0.3) is 11.8 Å². The average Bonchev–Trinajstić information content (AvgIpc) is 2.84. The maximum absolute atomic E-state index is 12.6. The van der Waals surface area contributed by atoms with Crippen LogP contribution >= 0.6 is 0 Å². The van der Waals surface area contributed by atoms with E-state index in [1.807, 2.05) is 0 Å². The summed E-state index contributed by atoms with van der Waals surface area (Å²) in [4.78, 5) is 37.0. The standard InChI is InChI=1S/C17H13NO6/c1-23-13-6-4-10(8-14(13)24-2)18-15(19)11-5-3-9(17(21)22)7-12(11)16(18)20/h3-8H,1-2H3,(H,21,22)/p-1. The Labute approximate surface area is 137 Å². The molecule has 0 bridgehead atoms. The number of carboxylic acid groups (broad SMARTS) is 1. The van der Waals surface area contributed by atoms with Gasteiger partial charge in [-0.25, -0.2) is 4.90 Å². The second-order valence-corrected chi connectivity index (χ2v) is 5.03. The first kappa shape index (κ1) is 15.5. The Morgan fingerprint density at radius 3 is 2.21 bits per heavy atom. The fourth-order valence-corrected chi connectivity index (χ4v) is 2.57. The largest absolute Gasteiger partial charge is 0.545 e. The van der Waals surface area contributed by atoms with Crippen molar-refractivity contribution in [3.05, 3.63) is 53.1 Å². The number of hydrogen-bond donors (Lipinski definition) is 0. The number of methoxy groups -OCH3 is 2. The Balaban J connectivity index is 2.06. The molecule has 0 fully saturated rings. The summed E-state index contributed by atoms with van der Waals surface area (Å²) in [5.74, 6) is -1.74. The molecule has 1 aliphatic heterocycles. The Hall–Kier alpha value is -3.35. The fraction of sp³-hybridized carbons (Fsp3) is 0.118. The molecule has 2 aromatic carbocycles. The number of carbonyl (C=O) groups is 3. The van der Waals surface area contributed by atoms with Crippen LogP contribution in [0.3, 0.4) is 0 Å². The lowest BCUT2D eigenvalue weighted by Crippen LogP contribution is -2.29. The Morgan fingerprint density at radius 2 is 1.58 bits per heavy atom. The third-order valence-corrected chi connectivity index (χ3v) is 3.75. The van der Waals surface area contributed by atoms with E-state index >= 15 is 0 Å². The molecule has 7 nitrogen and oxygen atoms in total. The number of benzene rings is 2. The summed E-state index contributed by atoms with van der Waals surface area (Å²) in [7, 11) is 2.91. The second kappa shape index (κ2) is 5.69. The summed E-state index contributed by atoms with van der Waals surface area (Å²) in [5.41, 5.74) is 0.300. The predicted molar refractivity (Wildman–Crippen MR) is 81.5 cm³/mol. The molecule has 1 heterocycles. The van der Waals surface area contributed by atoms with Crippen molar-refractivity contribution >= 4 is 23.5 Å². The van der Waals surface area contributed by atoms with Gasteiger partial charge in [-0.2, -0.15) is 0 Å². The molecule has 0 aliphatic carbocycles. The average molecular weight is 326 g/mol. The highest BCUT2D eigenvalue weighted by molar-refractivity contribution is 6.34. The number of rotatable bonds is 4. The Morgan fingerprint density at radius 1 is 0.917 bits per heavy atom. The van der Waals surface area contributed by atoms with E-state index in [2.05, 4.69) is 0 Å². The third-order valence-electron chi connectivity index (χ3n) is 3.75. The Kier molecular flexibility index (Phi) is 3.69. The quantitative estimate of drug-likeness (QED) is 0.774. The first-order chi connectivity index (χ1) is 11.5. The van der Waals surface area contributed by atoms with Crippen molar-refractivity contribution in [1.82, 2.24) is 0 Å². The van der Waals surface area contributed by atoms with Crippen LogP contribution in [0, 0.1) is 0 Å². The summed E-state index contributed by atoms with van der Waals surface area (Å²) < 4.78 is 10.3. The normalized spacial score (nSPS) is 13.0. The molecular weight excluding hydrogens is 314 g/mol. The SMILES string of the molecule is COc1ccc(N2C(=O)c3ccc(C(=O)[O-])cc3C2=O)cc1OC. The summed E-state index contributed by atoms with van der Waals surface area (Å²) in [6.45, 7) is 0. The van der Waals surface area contributed by atoms with Gasteiger partial charge in [0.15, 0.2) is 11.5 Å². The van der Waals surface area contributed by atoms with E-state index in [1.165, 1.54) is 32.4 Å². The van der Waals surface area contributed by atoms with E-state index in [-0.39, 0.29) is 16.7 Å². The lowest BCUT2D eigenvalue weighted by molar-refractivity contribution is -0.255. The van der Waals surface area contributed by atoms with Gasteiger partial charge in [-0.15, -0.1) is 0 Å². The van der Waals surface area contributed by atoms with E-state index in [0.29, 0.717) is 17.2 Å². The molecule has 0 unspecified atom stereocenters. The molecule has 0 atom stereocenters. The minimum Gasteiger partial charge on any atom is -0.545 e. The number of anilines is 1. The van der Waals surface area contributed by atoms with Crippen molar-refractivity contribution in [3.63, 3.8) is 0 Å². The van der Waals surface area contributed by atoms with Crippen LogP contribution in [0.2, 0.25) is 0 Å². The van der Waals surface area contributed by atoms with Crippen LogP contribution in [0.15, 0.2) is 36.4 Å². The highest BCUT2D eigenvalue weighted by atomic mass is 16.5. The zero-order chi connectivity index (χ0) is 17.4. The number of fused-ring (bicyclic) bond motifs is 1. The molecule has 0 N–H and O–H groups in total. The number of carbonyl (C=O) groups excluding carboxylic acids is 3. The predicted octanol–water partition coefficient (Wildman–Crippen LogP) is 0.868. The fourth-order valence-electron chi connectivity index (χ4n) is 2.57. The summed E-state index contributed by atoms with van der Waals surface area (Å²) in [6.07, 6.45) is 0. The number of aromatic carboxylic acids is 1. The lowest BCUT2D eigenvalue weighted by atomic mass is 10.1. The second-order valence-electron chi connectivity index (χ2n) is 5.03. The van der Waals surface area contributed by atoms with Crippen LogP contribution in [-0.2, 0) is 0 Å². The van der Waals surface area contributed by atoms with Crippen molar-refractivity contribution in [1.29, 1.82) is 0 Å². The minimum absolute atomic E-state index is 0.0245. The number of carboxylic acids is 1. The summed E-state index contributed by atoms with van der Waals surface area (Å²) >= 11 is 0. The van der Waals surface area contributed by atoms with Gasteiger partial charge in [0.05, 0.1) is 37.0 Å². The maximum atomic E-state index is 12.6. The number of imide groups is 1. The van der Waals surface area contributed by atoms with E-state index < -0.39 is 17.8 Å². The van der Waals surface area contributed by atoms with Crippen LogP contribution in [0.4, 0.5) is 5.69 Å². The zero-order valence-corrected chi connectivity index (χ0v) is 12.9. The van der Waals surface area contributed by atoms with Gasteiger partial charge in [0.2, 0.25) is 0 Å². The summed E-state index contributed by atoms with van der Waals surface area (Å²) in [5, 5.41) is 10.9. The van der Waals surface area contributed by atoms with Gasteiger partial charge in [-0.3, -0.25) is 9.59 Å². The minimum atomic E-state index is -1.41. The van der Waals surface area contributed by atoms with Gasteiger partial charge in [0.1, 0.15) is 0 Å². The monoisotopic (exact) mass is 326 g/mol. The number of nitrogens with zero attached hydrogens (tertiary/aromatic N) is 1. The van der Waals surface area contributed by atoms with Crippen LogP contribution < -0.4 is 19.5 Å². The van der Waals surface area contributed by atoms with E-state index in [9.17, 15) is 19.5 Å². The van der Waals surface area contributed by atoms with E-state index in [0.717, 1.165) is 11.0 Å². The van der Waals surface area contributed by atoms with E-state index in [1.54, 1.807) is 12.1 Å². The third kappa shape index (κ3) is 2.26. The van der Waals surface area contributed by atoms with Crippen molar-refractivity contribution in [2.75, 3.05) is 19.1 Å². The smallest absolute Gasteiger partial charge is 0.266 e. The highest BCUT2D eigenvalue weighted by Crippen LogP contribution is 2.35. The van der Waals surface area contributed by atoms with Gasteiger partial charge in [-0.05, 0) is 29.8 Å². The van der Waals surface area contributed by atoms with Gasteiger partial charge in [0, 0.05) is 6.07 Å². The molecule has 0 spiro atoms. The van der Waals surface area contributed by atoms with Crippen LogP contribution in [0.1, 0.15) is 31.1 Å². The van der Waals surface area contributed by atoms with Crippen LogP contribution in [0.25, 0.3) is 0 Å². The summed E-state index contributed by atoms with van der Waals surface area (Å²) in [6, 6.07) is 8.30. The lowest BCUT2D eigenvalue weighted by Gasteiger charge is -2.16. The molecule has 0 radical (unpaired) electrons. The zero-order valence-electron chi connectivity index (χ0n) is 12.9. The Bertz CT molecular complexity index is 873. The van der Waals surface area contributed by atoms with Crippen LogP contribution in [0.5, 0.6) is 11.5 Å². The molecule has 3 rings (SSSR count). The molecule has 2 amide bonds. The van der Waals surface area contributed by atoms with Gasteiger partial charge >= 0.3 is 0 Å². The number of amides is 2. The molecule has 2 aromatic rings. The molecule has 7 heteroatoms. The van der Waals surface area contributed by atoms with Crippen molar-refractivity contribution < 1.29 is 29.0 Å². The van der Waals surface area contributed by atoms with Crippen molar-refractivity contribution in [3.8, 4) is 11.5 Å². The molecule has 0 saturated heterocycles. The van der Waals surface area contributed by atoms with Crippen molar-refractivity contribution in [2.24, 2.45) is 0 Å². The first-order valence-corrected chi connectivity index (χ1v) is 6.94. The molecule has 0 saturated carbocycles. The number of hydrogen-bond acceptors (Lipinski definition) is 6. The maximum Gasteiger partial charge on any atom is 0.266 e. The molecule has 1 aliphatic rings.